The second-order valence-electron chi connectivity index (χ2n) is 7.89. The fourth-order valence-corrected chi connectivity index (χ4v) is 3.74. The van der Waals surface area contributed by atoms with E-state index in [1.54, 1.807) is 45.2 Å². The average Bonchev–Trinajstić information content (AvgIpc) is 3.09. The van der Waals surface area contributed by atoms with Gasteiger partial charge in [-0.3, -0.25) is 4.79 Å². The Kier molecular flexibility index (Phi) is 6.79. The maximum atomic E-state index is 12.7. The number of rotatable bonds is 6. The summed E-state index contributed by atoms with van der Waals surface area (Å²) in [4.78, 5) is 12.7. The molecule has 0 saturated carbocycles. The van der Waals surface area contributed by atoms with Gasteiger partial charge in [-0.2, -0.15) is 10.4 Å². The van der Waals surface area contributed by atoms with Gasteiger partial charge in [0.1, 0.15) is 18.2 Å². The van der Waals surface area contributed by atoms with Crippen LogP contribution in [-0.4, -0.2) is 22.8 Å². The third-order valence-corrected chi connectivity index (χ3v) is 5.26. The fraction of sp³-hybridized carbons (Fsp3) is 0.269. The number of carbonyl (C=O) groups is 1. The first-order valence-electron chi connectivity index (χ1n) is 10.3. The van der Waals surface area contributed by atoms with E-state index < -0.39 is 5.91 Å². The standard InChI is InChI=1S/C26H27N3O3/c1-16-9-17(2)23(18(3)10-16)15-32-24-8-7-21(13-25(24)31-6)12-22(14-27)26(30)29-20(5)11-19(4)28-29/h7-13H,15H2,1-6H3/b22-12+. The Morgan fingerprint density at radius 3 is 2.31 bits per heavy atom. The number of methoxy groups -OCH3 is 1. The van der Waals surface area contributed by atoms with Crippen LogP contribution in [0.3, 0.4) is 0 Å². The zero-order valence-electron chi connectivity index (χ0n) is 19.3. The Morgan fingerprint density at radius 2 is 1.75 bits per heavy atom. The number of allylic oxidation sites excluding steroid dienone is 1. The smallest absolute Gasteiger partial charge is 0.289 e. The normalized spacial score (nSPS) is 11.2. The van der Waals surface area contributed by atoms with Crippen molar-refractivity contribution in [2.45, 2.75) is 41.2 Å². The van der Waals surface area contributed by atoms with Crippen molar-refractivity contribution in [1.29, 1.82) is 5.26 Å². The summed E-state index contributed by atoms with van der Waals surface area (Å²) in [5, 5.41) is 13.7. The van der Waals surface area contributed by atoms with Crippen LogP contribution < -0.4 is 9.47 Å². The Balaban J connectivity index is 1.85. The molecule has 6 heteroatoms. The van der Waals surface area contributed by atoms with Crippen molar-refractivity contribution < 1.29 is 14.3 Å². The minimum Gasteiger partial charge on any atom is -0.493 e. The maximum absolute atomic E-state index is 12.7. The highest BCUT2D eigenvalue weighted by Gasteiger charge is 2.16. The van der Waals surface area contributed by atoms with Crippen molar-refractivity contribution in [3.05, 3.63) is 81.2 Å². The number of aromatic nitrogens is 2. The van der Waals surface area contributed by atoms with Crippen molar-refractivity contribution in [3.63, 3.8) is 0 Å². The molecule has 1 aromatic heterocycles. The largest absolute Gasteiger partial charge is 0.493 e. The van der Waals surface area contributed by atoms with E-state index in [9.17, 15) is 10.1 Å². The molecular weight excluding hydrogens is 402 g/mol. The number of carbonyl (C=O) groups excluding carboxylic acids is 1. The number of ether oxygens (including phenoxy) is 2. The monoisotopic (exact) mass is 429 g/mol. The van der Waals surface area contributed by atoms with Gasteiger partial charge in [0.15, 0.2) is 11.5 Å². The number of hydrogen-bond donors (Lipinski definition) is 0. The first-order chi connectivity index (χ1) is 15.2. The predicted molar refractivity (Wildman–Crippen MR) is 124 cm³/mol. The molecule has 0 aliphatic carbocycles. The van der Waals surface area contributed by atoms with Crippen LogP contribution in [0.15, 0.2) is 42.0 Å². The molecule has 0 spiro atoms. The molecule has 164 valence electrons. The van der Waals surface area contributed by atoms with Gasteiger partial charge in [-0.15, -0.1) is 0 Å². The first-order valence-corrected chi connectivity index (χ1v) is 10.3. The summed E-state index contributed by atoms with van der Waals surface area (Å²) in [6, 6.07) is 13.4. The van der Waals surface area contributed by atoms with Gasteiger partial charge in [-0.25, -0.2) is 4.68 Å². The van der Waals surface area contributed by atoms with E-state index in [0.29, 0.717) is 29.4 Å². The van der Waals surface area contributed by atoms with Crippen LogP contribution in [0.25, 0.3) is 6.08 Å². The molecule has 0 bridgehead atoms. The number of nitrogens with zero attached hydrogens (tertiary/aromatic N) is 3. The van der Waals surface area contributed by atoms with Crippen LogP contribution in [0.5, 0.6) is 11.5 Å². The highest BCUT2D eigenvalue weighted by atomic mass is 16.5. The average molecular weight is 430 g/mol. The Labute approximate surface area is 188 Å². The molecule has 0 saturated heterocycles. The molecule has 3 rings (SSSR count). The predicted octanol–water partition coefficient (Wildman–Crippen LogP) is 5.26. The number of hydrogen-bond acceptors (Lipinski definition) is 5. The van der Waals surface area contributed by atoms with Crippen LogP contribution in [0.1, 0.15) is 44.0 Å². The van der Waals surface area contributed by atoms with Gasteiger partial charge >= 0.3 is 0 Å². The molecule has 1 heterocycles. The van der Waals surface area contributed by atoms with Crippen LogP contribution in [-0.2, 0) is 6.61 Å². The summed E-state index contributed by atoms with van der Waals surface area (Å²) < 4.78 is 12.8. The fourth-order valence-electron chi connectivity index (χ4n) is 3.74. The van der Waals surface area contributed by atoms with Crippen LogP contribution in [0.2, 0.25) is 0 Å². The van der Waals surface area contributed by atoms with Crippen molar-refractivity contribution in [2.24, 2.45) is 0 Å². The summed E-state index contributed by atoms with van der Waals surface area (Å²) in [6.07, 6.45) is 1.53. The van der Waals surface area contributed by atoms with E-state index in [4.69, 9.17) is 9.47 Å². The molecule has 6 nitrogen and oxygen atoms in total. The van der Waals surface area contributed by atoms with Crippen LogP contribution in [0, 0.1) is 45.9 Å². The van der Waals surface area contributed by atoms with Gasteiger partial charge in [-0.1, -0.05) is 23.8 Å². The second-order valence-corrected chi connectivity index (χ2v) is 7.89. The molecule has 0 aliphatic heterocycles. The Bertz CT molecular complexity index is 1220. The number of nitriles is 1. The zero-order valence-corrected chi connectivity index (χ0v) is 19.3. The SMILES string of the molecule is COc1cc(/C=C(\C#N)C(=O)n2nc(C)cc2C)ccc1OCc1c(C)cc(C)cc1C. The van der Waals surface area contributed by atoms with E-state index in [-0.39, 0.29) is 5.57 Å². The van der Waals surface area contributed by atoms with Gasteiger partial charge in [0, 0.05) is 5.69 Å². The molecule has 0 amide bonds. The van der Waals surface area contributed by atoms with E-state index in [0.717, 1.165) is 11.3 Å². The minimum absolute atomic E-state index is 0.0159. The van der Waals surface area contributed by atoms with Gasteiger partial charge in [0.2, 0.25) is 0 Å². The Morgan fingerprint density at radius 1 is 1.06 bits per heavy atom. The van der Waals surface area contributed by atoms with E-state index in [1.165, 1.54) is 27.4 Å². The summed E-state index contributed by atoms with van der Waals surface area (Å²) in [5.74, 6) is 0.646. The molecule has 0 fully saturated rings. The first kappa shape index (κ1) is 22.8. The van der Waals surface area contributed by atoms with Gasteiger partial charge in [0.25, 0.3) is 5.91 Å². The lowest BCUT2D eigenvalue weighted by atomic mass is 10.0. The van der Waals surface area contributed by atoms with Crippen molar-refractivity contribution in [1.82, 2.24) is 9.78 Å². The zero-order chi connectivity index (χ0) is 23.4. The molecule has 0 N–H and O–H groups in total. The molecule has 0 unspecified atom stereocenters. The number of aryl methyl sites for hydroxylation is 5. The lowest BCUT2D eigenvalue weighted by molar-refractivity contribution is 0.0943. The van der Waals surface area contributed by atoms with E-state index in [1.807, 2.05) is 6.07 Å². The summed E-state index contributed by atoms with van der Waals surface area (Å²) >= 11 is 0. The summed E-state index contributed by atoms with van der Waals surface area (Å²) in [5.41, 5.74) is 6.77. The van der Waals surface area contributed by atoms with Gasteiger partial charge < -0.3 is 9.47 Å². The molecule has 32 heavy (non-hydrogen) atoms. The highest BCUT2D eigenvalue weighted by Crippen LogP contribution is 2.30. The van der Waals surface area contributed by atoms with Crippen LogP contribution >= 0.6 is 0 Å². The van der Waals surface area contributed by atoms with E-state index in [2.05, 4.69) is 38.0 Å². The molecular formula is C26H27N3O3. The molecule has 2 aromatic carbocycles. The lowest BCUT2D eigenvalue weighted by Gasteiger charge is -2.15. The molecule has 0 radical (unpaired) electrons. The van der Waals surface area contributed by atoms with Crippen LogP contribution in [0.4, 0.5) is 0 Å². The minimum atomic E-state index is -0.470. The Hall–Kier alpha value is -3.85. The van der Waals surface area contributed by atoms with Crippen molar-refractivity contribution in [3.8, 4) is 17.6 Å². The quantitative estimate of drug-likeness (QED) is 0.395. The molecule has 0 atom stereocenters. The third-order valence-electron chi connectivity index (χ3n) is 5.26. The second kappa shape index (κ2) is 9.52. The molecule has 3 aromatic rings. The highest BCUT2D eigenvalue weighted by molar-refractivity contribution is 6.03. The van der Waals surface area contributed by atoms with Crippen molar-refractivity contribution in [2.75, 3.05) is 7.11 Å². The lowest BCUT2D eigenvalue weighted by Crippen LogP contribution is -2.15. The summed E-state index contributed by atoms with van der Waals surface area (Å²) in [6.45, 7) is 10.2. The number of benzene rings is 2. The van der Waals surface area contributed by atoms with Gasteiger partial charge in [0.05, 0.1) is 12.8 Å². The third kappa shape index (κ3) is 4.89. The van der Waals surface area contributed by atoms with Crippen molar-refractivity contribution >= 4 is 12.0 Å². The summed E-state index contributed by atoms with van der Waals surface area (Å²) in [7, 11) is 1.56. The molecule has 0 aliphatic rings. The topological polar surface area (TPSA) is 77.1 Å². The van der Waals surface area contributed by atoms with Gasteiger partial charge in [-0.05, 0) is 81.1 Å². The van der Waals surface area contributed by atoms with E-state index >= 15 is 0 Å². The maximum Gasteiger partial charge on any atom is 0.289 e.